The SMILES string of the molecule is CCC1(C(=O)O)CCCN1C(=O)NCCC(=O)NC. The summed E-state index contributed by atoms with van der Waals surface area (Å²) in [6, 6.07) is -0.411. The molecule has 0 aromatic heterocycles. The zero-order valence-corrected chi connectivity index (χ0v) is 11.4. The van der Waals surface area contributed by atoms with Gasteiger partial charge in [-0.05, 0) is 19.3 Å². The van der Waals surface area contributed by atoms with Gasteiger partial charge in [0, 0.05) is 26.6 Å². The topological polar surface area (TPSA) is 98.7 Å². The second-order valence-electron chi connectivity index (χ2n) is 4.60. The van der Waals surface area contributed by atoms with Crippen molar-refractivity contribution < 1.29 is 19.5 Å². The zero-order chi connectivity index (χ0) is 14.5. The van der Waals surface area contributed by atoms with Crippen molar-refractivity contribution in [3.8, 4) is 0 Å². The van der Waals surface area contributed by atoms with Crippen LogP contribution in [-0.4, -0.2) is 53.6 Å². The predicted octanol–water partition coefficient (Wildman–Crippen LogP) is 0.161. The van der Waals surface area contributed by atoms with Gasteiger partial charge in [0.25, 0.3) is 0 Å². The lowest BCUT2D eigenvalue weighted by molar-refractivity contribution is -0.148. The fourth-order valence-corrected chi connectivity index (χ4v) is 2.42. The molecule has 0 aromatic carbocycles. The highest BCUT2D eigenvalue weighted by Crippen LogP contribution is 2.32. The summed E-state index contributed by atoms with van der Waals surface area (Å²) in [6.07, 6.45) is 1.72. The molecule has 1 fully saturated rings. The second kappa shape index (κ2) is 6.40. The first-order chi connectivity index (χ1) is 8.97. The van der Waals surface area contributed by atoms with E-state index in [1.165, 1.54) is 11.9 Å². The monoisotopic (exact) mass is 271 g/mol. The molecular weight excluding hydrogens is 250 g/mol. The average molecular weight is 271 g/mol. The summed E-state index contributed by atoms with van der Waals surface area (Å²) < 4.78 is 0. The number of urea groups is 1. The molecule has 1 aliphatic rings. The molecule has 0 bridgehead atoms. The van der Waals surface area contributed by atoms with Gasteiger partial charge in [0.1, 0.15) is 5.54 Å². The molecular formula is C12H21N3O4. The predicted molar refractivity (Wildman–Crippen MR) is 68.7 cm³/mol. The molecule has 7 nitrogen and oxygen atoms in total. The van der Waals surface area contributed by atoms with Crippen LogP contribution >= 0.6 is 0 Å². The number of carbonyl (C=O) groups excluding carboxylic acids is 2. The summed E-state index contributed by atoms with van der Waals surface area (Å²) in [5.74, 6) is -1.13. The van der Waals surface area contributed by atoms with Crippen LogP contribution in [0.15, 0.2) is 0 Å². The molecule has 3 N–H and O–H groups in total. The van der Waals surface area contributed by atoms with Crippen molar-refractivity contribution in [2.75, 3.05) is 20.1 Å². The van der Waals surface area contributed by atoms with Crippen molar-refractivity contribution >= 4 is 17.9 Å². The molecule has 0 spiro atoms. The first kappa shape index (κ1) is 15.3. The van der Waals surface area contributed by atoms with E-state index in [0.29, 0.717) is 25.8 Å². The van der Waals surface area contributed by atoms with Crippen molar-refractivity contribution in [2.24, 2.45) is 0 Å². The van der Waals surface area contributed by atoms with Crippen LogP contribution in [0.3, 0.4) is 0 Å². The Bertz CT molecular complexity index is 372. The van der Waals surface area contributed by atoms with Gasteiger partial charge in [0.15, 0.2) is 0 Å². The molecule has 1 unspecified atom stereocenters. The molecule has 7 heteroatoms. The third-order valence-electron chi connectivity index (χ3n) is 3.62. The summed E-state index contributed by atoms with van der Waals surface area (Å²) in [4.78, 5) is 35.8. The number of carbonyl (C=O) groups is 3. The Morgan fingerprint density at radius 2 is 2.05 bits per heavy atom. The maximum atomic E-state index is 12.0. The zero-order valence-electron chi connectivity index (χ0n) is 11.4. The van der Waals surface area contributed by atoms with Crippen LogP contribution in [0.25, 0.3) is 0 Å². The molecule has 0 saturated carbocycles. The van der Waals surface area contributed by atoms with Gasteiger partial charge in [0.05, 0.1) is 0 Å². The lowest BCUT2D eigenvalue weighted by atomic mass is 9.93. The van der Waals surface area contributed by atoms with Crippen LogP contribution in [0.4, 0.5) is 4.79 Å². The van der Waals surface area contributed by atoms with Gasteiger partial charge in [0.2, 0.25) is 5.91 Å². The first-order valence-corrected chi connectivity index (χ1v) is 6.47. The van der Waals surface area contributed by atoms with Gasteiger partial charge >= 0.3 is 12.0 Å². The molecule has 1 aliphatic heterocycles. The van der Waals surface area contributed by atoms with E-state index >= 15 is 0 Å². The van der Waals surface area contributed by atoms with Crippen molar-refractivity contribution in [2.45, 2.75) is 38.1 Å². The van der Waals surface area contributed by atoms with Gasteiger partial charge in [-0.25, -0.2) is 9.59 Å². The number of likely N-dealkylation sites (tertiary alicyclic amines) is 1. The average Bonchev–Trinajstić information content (AvgIpc) is 2.83. The van der Waals surface area contributed by atoms with Crippen LogP contribution < -0.4 is 10.6 Å². The maximum Gasteiger partial charge on any atom is 0.329 e. The smallest absolute Gasteiger partial charge is 0.329 e. The molecule has 1 saturated heterocycles. The summed E-state index contributed by atoms with van der Waals surface area (Å²) in [5, 5.41) is 14.4. The van der Waals surface area contributed by atoms with E-state index in [0.717, 1.165) is 0 Å². The molecule has 108 valence electrons. The van der Waals surface area contributed by atoms with E-state index in [1.54, 1.807) is 6.92 Å². The number of amides is 3. The number of carboxylic acids is 1. The lowest BCUT2D eigenvalue weighted by Gasteiger charge is -2.33. The van der Waals surface area contributed by atoms with Gasteiger partial charge in [-0.2, -0.15) is 0 Å². The standard InChI is InChI=1S/C12H21N3O4/c1-3-12(10(17)18)6-4-8-15(12)11(19)14-7-5-9(16)13-2/h3-8H2,1-2H3,(H,13,16)(H,14,19)(H,17,18). The van der Waals surface area contributed by atoms with Crippen molar-refractivity contribution in [3.05, 3.63) is 0 Å². The largest absolute Gasteiger partial charge is 0.479 e. The minimum absolute atomic E-state index is 0.165. The summed E-state index contributed by atoms with van der Waals surface area (Å²) in [6.45, 7) is 2.41. The van der Waals surface area contributed by atoms with Crippen LogP contribution in [-0.2, 0) is 9.59 Å². The Hall–Kier alpha value is -1.79. The van der Waals surface area contributed by atoms with Gasteiger partial charge < -0.3 is 20.6 Å². The number of hydrogen-bond acceptors (Lipinski definition) is 3. The van der Waals surface area contributed by atoms with Crippen LogP contribution in [0.5, 0.6) is 0 Å². The maximum absolute atomic E-state index is 12.0. The van der Waals surface area contributed by atoms with Gasteiger partial charge in [-0.1, -0.05) is 6.92 Å². The molecule has 19 heavy (non-hydrogen) atoms. The first-order valence-electron chi connectivity index (χ1n) is 6.47. The number of rotatable bonds is 5. The van der Waals surface area contributed by atoms with Gasteiger partial charge in [-0.15, -0.1) is 0 Å². The Labute approximate surface area is 112 Å². The number of nitrogens with zero attached hydrogens (tertiary/aromatic N) is 1. The van der Waals surface area contributed by atoms with E-state index in [4.69, 9.17) is 0 Å². The molecule has 0 aliphatic carbocycles. The van der Waals surface area contributed by atoms with E-state index in [9.17, 15) is 19.5 Å². The van der Waals surface area contributed by atoms with Crippen molar-refractivity contribution in [1.82, 2.24) is 15.5 Å². The summed E-state index contributed by atoms with van der Waals surface area (Å²) >= 11 is 0. The van der Waals surface area contributed by atoms with E-state index in [2.05, 4.69) is 10.6 Å². The Morgan fingerprint density at radius 1 is 1.37 bits per heavy atom. The Kier molecular flexibility index (Phi) is 5.14. The second-order valence-corrected chi connectivity index (χ2v) is 4.60. The summed E-state index contributed by atoms with van der Waals surface area (Å²) in [5.41, 5.74) is -1.10. The van der Waals surface area contributed by atoms with Crippen LogP contribution in [0.2, 0.25) is 0 Å². The third-order valence-corrected chi connectivity index (χ3v) is 3.62. The number of hydrogen-bond donors (Lipinski definition) is 3. The molecule has 1 heterocycles. The fraction of sp³-hybridized carbons (Fsp3) is 0.750. The Morgan fingerprint density at radius 3 is 2.58 bits per heavy atom. The molecule has 3 amide bonds. The molecule has 1 rings (SSSR count). The number of nitrogens with one attached hydrogen (secondary N) is 2. The van der Waals surface area contributed by atoms with Crippen molar-refractivity contribution in [3.63, 3.8) is 0 Å². The normalized spacial score (nSPS) is 22.1. The molecule has 1 atom stereocenters. The van der Waals surface area contributed by atoms with E-state index in [-0.39, 0.29) is 18.9 Å². The lowest BCUT2D eigenvalue weighted by Crippen LogP contribution is -2.55. The van der Waals surface area contributed by atoms with E-state index in [1.807, 2.05) is 0 Å². The Balaban J connectivity index is 2.60. The number of aliphatic carboxylic acids is 1. The molecule has 0 radical (unpaired) electrons. The highest BCUT2D eigenvalue weighted by molar-refractivity contribution is 5.87. The quantitative estimate of drug-likeness (QED) is 0.663. The van der Waals surface area contributed by atoms with E-state index < -0.39 is 17.5 Å². The minimum Gasteiger partial charge on any atom is -0.479 e. The van der Waals surface area contributed by atoms with Gasteiger partial charge in [-0.3, -0.25) is 4.79 Å². The number of carboxylic acid groups (broad SMARTS) is 1. The highest BCUT2D eigenvalue weighted by atomic mass is 16.4. The summed E-state index contributed by atoms with van der Waals surface area (Å²) in [7, 11) is 1.52. The van der Waals surface area contributed by atoms with Crippen molar-refractivity contribution in [1.29, 1.82) is 0 Å². The van der Waals surface area contributed by atoms with Crippen LogP contribution in [0.1, 0.15) is 32.6 Å². The third kappa shape index (κ3) is 3.15. The molecule has 0 aromatic rings. The van der Waals surface area contributed by atoms with Crippen LogP contribution in [0, 0.1) is 0 Å². The minimum atomic E-state index is -1.10. The fourth-order valence-electron chi connectivity index (χ4n) is 2.42. The highest BCUT2D eigenvalue weighted by Gasteiger charge is 2.48.